The predicted octanol–water partition coefficient (Wildman–Crippen LogP) is 8.51. The molecule has 0 radical (unpaired) electrons. The normalized spacial score (nSPS) is 12.0. The first-order chi connectivity index (χ1) is 14.9. The number of fused-ring (bicyclic) bond motifs is 11. The van der Waals surface area contributed by atoms with Gasteiger partial charge in [0.05, 0.1) is 0 Å². The van der Waals surface area contributed by atoms with E-state index in [-0.39, 0.29) is 0 Å². The van der Waals surface area contributed by atoms with Crippen molar-refractivity contribution in [3.05, 3.63) is 109 Å². The monoisotopic (exact) mass is 378 g/mol. The van der Waals surface area contributed by atoms with Crippen LogP contribution in [0, 0.1) is 0 Å². The van der Waals surface area contributed by atoms with Gasteiger partial charge in [0.2, 0.25) is 0 Å². The molecule has 3 aromatic carbocycles. The van der Waals surface area contributed by atoms with Crippen LogP contribution in [0.1, 0.15) is 0 Å². The first kappa shape index (κ1) is 16.0. The molecule has 0 heterocycles. The number of rotatable bonds is 0. The van der Waals surface area contributed by atoms with Gasteiger partial charge < -0.3 is 0 Å². The van der Waals surface area contributed by atoms with E-state index >= 15 is 0 Å². The van der Waals surface area contributed by atoms with Crippen LogP contribution in [-0.4, -0.2) is 0 Å². The lowest BCUT2D eigenvalue weighted by atomic mass is 9.95. The third-order valence-corrected chi connectivity index (χ3v) is 6.57. The molecule has 0 atom stereocenters. The van der Waals surface area contributed by atoms with Crippen LogP contribution in [0.15, 0.2) is 109 Å². The van der Waals surface area contributed by atoms with Gasteiger partial charge in [0.25, 0.3) is 0 Å². The van der Waals surface area contributed by atoms with Crippen LogP contribution < -0.4 is 0 Å². The molecule has 0 aliphatic heterocycles. The summed E-state index contributed by atoms with van der Waals surface area (Å²) in [5, 5.41) is 10.7. The molecule has 4 aliphatic rings. The van der Waals surface area contributed by atoms with Gasteiger partial charge in [-0.2, -0.15) is 0 Å². The summed E-state index contributed by atoms with van der Waals surface area (Å²) >= 11 is 0. The van der Waals surface area contributed by atoms with Crippen LogP contribution in [0.2, 0.25) is 0 Å². The molecule has 0 saturated heterocycles. The van der Waals surface area contributed by atoms with E-state index in [0.717, 1.165) is 0 Å². The van der Waals surface area contributed by atoms with Crippen molar-refractivity contribution in [2.45, 2.75) is 0 Å². The van der Waals surface area contributed by atoms with Crippen LogP contribution >= 0.6 is 0 Å². The molecule has 0 heteroatoms. The second-order valence-corrected chi connectivity index (χ2v) is 8.16. The minimum absolute atomic E-state index is 1.30. The topological polar surface area (TPSA) is 0 Å². The van der Waals surface area contributed by atoms with Crippen molar-refractivity contribution in [2.24, 2.45) is 0 Å². The van der Waals surface area contributed by atoms with E-state index in [1.807, 2.05) is 0 Å². The molecule has 30 heavy (non-hydrogen) atoms. The van der Waals surface area contributed by atoms with E-state index < -0.39 is 0 Å². The van der Waals surface area contributed by atoms with Gasteiger partial charge in [0.1, 0.15) is 0 Å². The molecular formula is C30H18. The van der Waals surface area contributed by atoms with Gasteiger partial charge in [-0.1, -0.05) is 97.1 Å². The Hall–Kier alpha value is -3.90. The predicted molar refractivity (Wildman–Crippen MR) is 130 cm³/mol. The molecule has 3 aromatic rings. The maximum absolute atomic E-state index is 2.37. The molecule has 0 unspecified atom stereocenters. The fourth-order valence-electron chi connectivity index (χ4n) is 5.23. The summed E-state index contributed by atoms with van der Waals surface area (Å²) in [6, 6.07) is 40.1. The van der Waals surface area contributed by atoms with Gasteiger partial charge in [-0.05, 0) is 77.5 Å². The van der Waals surface area contributed by atoms with Crippen LogP contribution in [0.4, 0.5) is 0 Å². The van der Waals surface area contributed by atoms with E-state index in [0.29, 0.717) is 0 Å². The molecule has 4 aliphatic carbocycles. The Morgan fingerprint density at radius 3 is 1.27 bits per heavy atom. The minimum Gasteiger partial charge on any atom is -0.0622 e. The van der Waals surface area contributed by atoms with Crippen molar-refractivity contribution in [3.63, 3.8) is 0 Å². The van der Waals surface area contributed by atoms with Crippen molar-refractivity contribution in [2.75, 3.05) is 0 Å². The summed E-state index contributed by atoms with van der Waals surface area (Å²) in [6.45, 7) is 0. The highest BCUT2D eigenvalue weighted by Gasteiger charge is 2.16. The highest BCUT2D eigenvalue weighted by atomic mass is 14.2. The molecule has 0 bridgehead atoms. The number of hydrogen-bond acceptors (Lipinski definition) is 0. The van der Waals surface area contributed by atoms with Gasteiger partial charge in [0, 0.05) is 0 Å². The molecule has 7 rings (SSSR count). The van der Waals surface area contributed by atoms with Crippen LogP contribution in [0.25, 0.3) is 65.3 Å². The minimum atomic E-state index is 1.30. The van der Waals surface area contributed by atoms with Crippen molar-refractivity contribution < 1.29 is 0 Å². The van der Waals surface area contributed by atoms with Gasteiger partial charge in [-0.3, -0.25) is 0 Å². The van der Waals surface area contributed by atoms with Crippen LogP contribution in [0.5, 0.6) is 0 Å². The molecule has 0 spiro atoms. The zero-order valence-electron chi connectivity index (χ0n) is 16.4. The van der Waals surface area contributed by atoms with Crippen LogP contribution in [0.3, 0.4) is 0 Å². The third kappa shape index (κ3) is 2.06. The van der Waals surface area contributed by atoms with Gasteiger partial charge in [-0.15, -0.1) is 0 Å². The van der Waals surface area contributed by atoms with Crippen LogP contribution in [-0.2, 0) is 0 Å². The van der Waals surface area contributed by atoms with Crippen molar-refractivity contribution >= 4 is 43.1 Å². The summed E-state index contributed by atoms with van der Waals surface area (Å²) in [5.41, 5.74) is 5.24. The Morgan fingerprint density at radius 1 is 0.333 bits per heavy atom. The van der Waals surface area contributed by atoms with E-state index in [2.05, 4.69) is 109 Å². The maximum atomic E-state index is 2.37. The molecule has 0 fully saturated rings. The highest BCUT2D eigenvalue weighted by molar-refractivity contribution is 6.31. The summed E-state index contributed by atoms with van der Waals surface area (Å²) in [6.07, 6.45) is 0. The zero-order valence-corrected chi connectivity index (χ0v) is 16.4. The molecule has 138 valence electrons. The first-order valence-corrected chi connectivity index (χ1v) is 10.5. The Kier molecular flexibility index (Phi) is 3.09. The molecule has 0 N–H and O–H groups in total. The fraction of sp³-hybridized carbons (Fsp3) is 0. The molecular weight excluding hydrogens is 360 g/mol. The SMILES string of the molecule is c1ccc2cc3c(ccc4ccc5ccc6c7cccccc-7cc6c5c43)c-2cc1. The summed E-state index contributed by atoms with van der Waals surface area (Å²) in [5.74, 6) is 0. The van der Waals surface area contributed by atoms with Crippen molar-refractivity contribution in [1.29, 1.82) is 0 Å². The lowest BCUT2D eigenvalue weighted by Crippen LogP contribution is -1.80. The molecule has 0 aromatic heterocycles. The average molecular weight is 378 g/mol. The fourth-order valence-corrected chi connectivity index (χ4v) is 5.23. The number of hydrogen-bond donors (Lipinski definition) is 0. The Balaban J connectivity index is 1.78. The smallest absolute Gasteiger partial charge is 0.00201 e. The summed E-state index contributed by atoms with van der Waals surface area (Å²) in [4.78, 5) is 0. The molecule has 0 saturated carbocycles. The maximum Gasteiger partial charge on any atom is -0.00201 e. The molecule has 0 nitrogen and oxygen atoms in total. The first-order valence-electron chi connectivity index (χ1n) is 10.5. The lowest BCUT2D eigenvalue weighted by Gasteiger charge is -2.08. The standard InChI is InChI=1S/C30H18/c1-3-7-21-17-27-25(23(21)9-5-1)15-13-19-11-12-20-14-16-26-24-10-6-2-4-8-22(24)18-28(26)30(20)29(19)27/h1-18H. The molecule has 0 amide bonds. The van der Waals surface area contributed by atoms with Gasteiger partial charge >= 0.3 is 0 Å². The average Bonchev–Trinajstić information content (AvgIpc) is 3.08. The van der Waals surface area contributed by atoms with Gasteiger partial charge in [0.15, 0.2) is 0 Å². The van der Waals surface area contributed by atoms with E-state index in [1.54, 1.807) is 0 Å². The van der Waals surface area contributed by atoms with E-state index in [9.17, 15) is 0 Å². The quantitative estimate of drug-likeness (QED) is 0.232. The van der Waals surface area contributed by atoms with Gasteiger partial charge in [-0.25, -0.2) is 0 Å². The highest BCUT2D eigenvalue weighted by Crippen LogP contribution is 2.44. The van der Waals surface area contributed by atoms with Crippen molar-refractivity contribution in [3.8, 4) is 22.3 Å². The number of benzene rings is 3. The zero-order chi connectivity index (χ0) is 19.7. The summed E-state index contributed by atoms with van der Waals surface area (Å²) < 4.78 is 0. The third-order valence-electron chi connectivity index (χ3n) is 6.57. The second-order valence-electron chi connectivity index (χ2n) is 8.16. The summed E-state index contributed by atoms with van der Waals surface area (Å²) in [7, 11) is 0. The van der Waals surface area contributed by atoms with Crippen molar-refractivity contribution in [1.82, 2.24) is 0 Å². The Labute approximate surface area is 174 Å². The lowest BCUT2D eigenvalue weighted by molar-refractivity contribution is 1.84. The van der Waals surface area contributed by atoms with E-state index in [4.69, 9.17) is 0 Å². The largest absolute Gasteiger partial charge is 0.0622 e. The second kappa shape index (κ2) is 5.81. The van der Waals surface area contributed by atoms with E-state index in [1.165, 1.54) is 65.3 Å². The Bertz CT molecular complexity index is 1560. The Morgan fingerprint density at radius 2 is 0.767 bits per heavy atom.